The second-order valence-corrected chi connectivity index (χ2v) is 5.60. The molecule has 1 heterocycles. The van der Waals surface area contributed by atoms with Crippen LogP contribution in [0, 0.1) is 5.41 Å². The van der Waals surface area contributed by atoms with Gasteiger partial charge in [-0.2, -0.15) is 0 Å². The molecule has 2 aromatic carbocycles. The standard InChI is InChI=1S/C17H14N2S/c18-17(19)14-8-6-13(7-9-14)16-11-10-15(20-16)12-4-2-1-3-5-12/h1-11H,(H3,18,19). The van der Waals surface area contributed by atoms with E-state index in [1.165, 1.54) is 15.3 Å². The molecule has 0 fully saturated rings. The van der Waals surface area contributed by atoms with E-state index in [2.05, 4.69) is 36.4 Å². The van der Waals surface area contributed by atoms with Crippen molar-refractivity contribution in [3.63, 3.8) is 0 Å². The molecule has 0 aliphatic carbocycles. The summed E-state index contributed by atoms with van der Waals surface area (Å²) in [5, 5.41) is 7.41. The molecule has 0 atom stereocenters. The highest BCUT2D eigenvalue weighted by molar-refractivity contribution is 7.18. The van der Waals surface area contributed by atoms with E-state index in [-0.39, 0.29) is 5.84 Å². The Labute approximate surface area is 122 Å². The summed E-state index contributed by atoms with van der Waals surface area (Å²) in [6, 6.07) is 22.5. The topological polar surface area (TPSA) is 49.9 Å². The van der Waals surface area contributed by atoms with Crippen LogP contribution in [-0.4, -0.2) is 5.84 Å². The monoisotopic (exact) mass is 278 g/mol. The van der Waals surface area contributed by atoms with Crippen molar-refractivity contribution >= 4 is 17.2 Å². The number of nitrogens with two attached hydrogens (primary N) is 1. The van der Waals surface area contributed by atoms with E-state index in [9.17, 15) is 0 Å². The van der Waals surface area contributed by atoms with Gasteiger partial charge in [0.05, 0.1) is 0 Å². The zero-order chi connectivity index (χ0) is 13.9. The molecule has 3 heteroatoms. The first kappa shape index (κ1) is 12.6. The third-order valence-electron chi connectivity index (χ3n) is 3.14. The zero-order valence-corrected chi connectivity index (χ0v) is 11.7. The molecule has 2 nitrogen and oxygen atoms in total. The maximum absolute atomic E-state index is 7.41. The van der Waals surface area contributed by atoms with Gasteiger partial charge >= 0.3 is 0 Å². The molecular formula is C17H14N2S. The molecule has 0 saturated heterocycles. The Bertz CT molecular complexity index is 727. The first-order valence-corrected chi connectivity index (χ1v) is 7.16. The first-order chi connectivity index (χ1) is 9.74. The Kier molecular flexibility index (Phi) is 3.35. The quantitative estimate of drug-likeness (QED) is 0.542. The molecule has 3 N–H and O–H groups in total. The molecule has 0 unspecified atom stereocenters. The van der Waals surface area contributed by atoms with Crippen LogP contribution in [0.15, 0.2) is 66.7 Å². The molecule has 0 amide bonds. The van der Waals surface area contributed by atoms with E-state index in [1.54, 1.807) is 11.3 Å². The van der Waals surface area contributed by atoms with E-state index in [0.29, 0.717) is 0 Å². The molecule has 3 rings (SSSR count). The van der Waals surface area contributed by atoms with Gasteiger partial charge in [0.2, 0.25) is 0 Å². The summed E-state index contributed by atoms with van der Waals surface area (Å²) in [6.07, 6.45) is 0. The van der Waals surface area contributed by atoms with Crippen molar-refractivity contribution in [2.75, 3.05) is 0 Å². The fraction of sp³-hybridized carbons (Fsp3) is 0. The summed E-state index contributed by atoms with van der Waals surface area (Å²) in [6.45, 7) is 0. The van der Waals surface area contributed by atoms with Gasteiger partial charge in [0.15, 0.2) is 0 Å². The van der Waals surface area contributed by atoms with Gasteiger partial charge < -0.3 is 5.73 Å². The average molecular weight is 278 g/mol. The van der Waals surface area contributed by atoms with Crippen LogP contribution in [-0.2, 0) is 0 Å². The minimum atomic E-state index is 0.104. The average Bonchev–Trinajstić information content (AvgIpc) is 2.98. The Hall–Kier alpha value is -2.39. The van der Waals surface area contributed by atoms with E-state index in [1.807, 2.05) is 30.3 Å². The number of hydrogen-bond donors (Lipinski definition) is 2. The lowest BCUT2D eigenvalue weighted by Crippen LogP contribution is -2.10. The van der Waals surface area contributed by atoms with Crippen LogP contribution < -0.4 is 5.73 Å². The van der Waals surface area contributed by atoms with Crippen LogP contribution in [0.1, 0.15) is 5.56 Å². The summed E-state index contributed by atoms with van der Waals surface area (Å²) >= 11 is 1.77. The van der Waals surface area contributed by atoms with Gasteiger partial charge in [0, 0.05) is 15.3 Å². The lowest BCUT2D eigenvalue weighted by molar-refractivity contribution is 1.43. The Morgan fingerprint density at radius 1 is 0.750 bits per heavy atom. The van der Waals surface area contributed by atoms with Crippen LogP contribution in [0.5, 0.6) is 0 Å². The van der Waals surface area contributed by atoms with E-state index in [4.69, 9.17) is 11.1 Å². The number of benzene rings is 2. The fourth-order valence-electron chi connectivity index (χ4n) is 2.06. The maximum Gasteiger partial charge on any atom is 0.122 e. The molecule has 0 bridgehead atoms. The maximum atomic E-state index is 7.41. The van der Waals surface area contributed by atoms with Gasteiger partial charge in [-0.15, -0.1) is 11.3 Å². The van der Waals surface area contributed by atoms with Crippen LogP contribution >= 0.6 is 11.3 Å². The summed E-state index contributed by atoms with van der Waals surface area (Å²) < 4.78 is 0. The fourth-order valence-corrected chi connectivity index (χ4v) is 3.08. The van der Waals surface area contributed by atoms with Gasteiger partial charge in [-0.1, -0.05) is 54.6 Å². The number of nitrogens with one attached hydrogen (secondary N) is 1. The molecule has 0 radical (unpaired) electrons. The van der Waals surface area contributed by atoms with Gasteiger partial charge in [0.25, 0.3) is 0 Å². The van der Waals surface area contributed by atoms with Crippen LogP contribution in [0.3, 0.4) is 0 Å². The first-order valence-electron chi connectivity index (χ1n) is 6.34. The molecule has 3 aromatic rings. The zero-order valence-electron chi connectivity index (χ0n) is 10.8. The van der Waals surface area contributed by atoms with Crippen molar-refractivity contribution in [2.45, 2.75) is 0 Å². The minimum Gasteiger partial charge on any atom is -0.384 e. The van der Waals surface area contributed by atoms with E-state index in [0.717, 1.165) is 11.1 Å². The molecule has 98 valence electrons. The van der Waals surface area contributed by atoms with Crippen molar-refractivity contribution < 1.29 is 0 Å². The highest BCUT2D eigenvalue weighted by atomic mass is 32.1. The van der Waals surface area contributed by atoms with Gasteiger partial charge in [-0.3, -0.25) is 5.41 Å². The van der Waals surface area contributed by atoms with Crippen LogP contribution in [0.4, 0.5) is 0 Å². The number of rotatable bonds is 3. The van der Waals surface area contributed by atoms with Crippen molar-refractivity contribution in [3.05, 3.63) is 72.3 Å². The number of nitrogen functional groups attached to an aromatic ring is 1. The number of thiophene rings is 1. The second kappa shape index (κ2) is 5.31. The largest absolute Gasteiger partial charge is 0.384 e. The van der Waals surface area contributed by atoms with E-state index < -0.39 is 0 Å². The molecule has 0 saturated carbocycles. The predicted octanol–water partition coefficient (Wildman–Crippen LogP) is 4.37. The van der Waals surface area contributed by atoms with Crippen molar-refractivity contribution in [1.29, 1.82) is 5.41 Å². The van der Waals surface area contributed by atoms with Crippen LogP contribution in [0.25, 0.3) is 20.9 Å². The van der Waals surface area contributed by atoms with Crippen molar-refractivity contribution in [3.8, 4) is 20.9 Å². The lowest BCUT2D eigenvalue weighted by Gasteiger charge is -2.00. The van der Waals surface area contributed by atoms with Crippen molar-refractivity contribution in [2.24, 2.45) is 5.73 Å². The van der Waals surface area contributed by atoms with Gasteiger partial charge in [0.1, 0.15) is 5.84 Å². The Balaban J connectivity index is 1.92. The van der Waals surface area contributed by atoms with Gasteiger partial charge in [-0.05, 0) is 23.3 Å². The second-order valence-electron chi connectivity index (χ2n) is 4.52. The molecular weight excluding hydrogens is 264 g/mol. The highest BCUT2D eigenvalue weighted by Gasteiger charge is 2.05. The molecule has 1 aromatic heterocycles. The van der Waals surface area contributed by atoms with Crippen LogP contribution in [0.2, 0.25) is 0 Å². The van der Waals surface area contributed by atoms with E-state index >= 15 is 0 Å². The molecule has 20 heavy (non-hydrogen) atoms. The highest BCUT2D eigenvalue weighted by Crippen LogP contribution is 2.34. The molecule has 0 aliphatic rings. The number of amidine groups is 1. The summed E-state index contributed by atoms with van der Waals surface area (Å²) in [5.41, 5.74) is 8.62. The third-order valence-corrected chi connectivity index (χ3v) is 4.33. The normalized spacial score (nSPS) is 10.4. The summed E-state index contributed by atoms with van der Waals surface area (Å²) in [4.78, 5) is 2.48. The smallest absolute Gasteiger partial charge is 0.122 e. The summed E-state index contributed by atoms with van der Waals surface area (Å²) in [7, 11) is 0. The van der Waals surface area contributed by atoms with Crippen molar-refractivity contribution in [1.82, 2.24) is 0 Å². The Morgan fingerprint density at radius 3 is 1.85 bits per heavy atom. The Morgan fingerprint density at radius 2 is 1.30 bits per heavy atom. The molecule has 0 aliphatic heterocycles. The lowest BCUT2D eigenvalue weighted by atomic mass is 10.1. The van der Waals surface area contributed by atoms with Gasteiger partial charge in [-0.25, -0.2) is 0 Å². The predicted molar refractivity (Wildman–Crippen MR) is 86.2 cm³/mol. The number of hydrogen-bond acceptors (Lipinski definition) is 2. The molecule has 0 spiro atoms. The third kappa shape index (κ3) is 2.49. The minimum absolute atomic E-state index is 0.104. The summed E-state index contributed by atoms with van der Waals surface area (Å²) in [5.74, 6) is 0.104. The SMILES string of the molecule is N=C(N)c1ccc(-c2ccc(-c3ccccc3)s2)cc1.